The summed E-state index contributed by atoms with van der Waals surface area (Å²) < 4.78 is 10.2. The van der Waals surface area contributed by atoms with Crippen LogP contribution < -0.4 is 9.47 Å². The van der Waals surface area contributed by atoms with Gasteiger partial charge in [-0.3, -0.25) is 0 Å². The van der Waals surface area contributed by atoms with Crippen LogP contribution in [0.5, 0.6) is 11.5 Å². The zero-order valence-electron chi connectivity index (χ0n) is 9.69. The van der Waals surface area contributed by atoms with Crippen LogP contribution in [-0.4, -0.2) is 30.4 Å². The van der Waals surface area contributed by atoms with E-state index in [1.165, 1.54) is 26.4 Å². The van der Waals surface area contributed by atoms with Crippen molar-refractivity contribution in [2.75, 3.05) is 14.2 Å². The van der Waals surface area contributed by atoms with Gasteiger partial charge in [-0.05, 0) is 18.9 Å². The number of carboxylic acids is 1. The molecule has 5 heteroatoms. The quantitative estimate of drug-likeness (QED) is 0.828. The topological polar surface area (TPSA) is 76.0 Å². The molecule has 2 N–H and O–H groups in total. The van der Waals surface area contributed by atoms with Gasteiger partial charge in [-0.2, -0.15) is 0 Å². The summed E-state index contributed by atoms with van der Waals surface area (Å²) in [5, 5.41) is 19.1. The molecule has 0 aliphatic heterocycles. The molecule has 0 bridgehead atoms. The van der Waals surface area contributed by atoms with Crippen LogP contribution >= 0.6 is 0 Å². The highest BCUT2D eigenvalue weighted by atomic mass is 16.5. The molecule has 1 aliphatic rings. The van der Waals surface area contributed by atoms with E-state index < -0.39 is 11.6 Å². The fourth-order valence-corrected chi connectivity index (χ4v) is 1.82. The fraction of sp³-hybridized carbons (Fsp3) is 0.417. The van der Waals surface area contributed by atoms with E-state index in [9.17, 15) is 9.90 Å². The van der Waals surface area contributed by atoms with Gasteiger partial charge in [0.2, 0.25) is 0 Å². The molecule has 0 unspecified atom stereocenters. The molecule has 1 aromatic rings. The van der Waals surface area contributed by atoms with E-state index in [2.05, 4.69) is 0 Å². The maximum Gasteiger partial charge on any atom is 0.339 e. The van der Waals surface area contributed by atoms with Crippen LogP contribution in [0.15, 0.2) is 12.1 Å². The highest BCUT2D eigenvalue weighted by molar-refractivity contribution is 5.91. The average Bonchev–Trinajstić information content (AvgIpc) is 3.06. The van der Waals surface area contributed by atoms with Crippen molar-refractivity contribution in [2.45, 2.75) is 18.4 Å². The molecule has 1 fully saturated rings. The van der Waals surface area contributed by atoms with E-state index in [1.54, 1.807) is 0 Å². The normalized spacial score (nSPS) is 16.4. The third kappa shape index (κ3) is 1.93. The van der Waals surface area contributed by atoms with E-state index in [0.29, 0.717) is 24.2 Å². The van der Waals surface area contributed by atoms with Crippen molar-refractivity contribution in [3.05, 3.63) is 23.3 Å². The Balaban J connectivity index is 2.58. The first-order chi connectivity index (χ1) is 8.01. The van der Waals surface area contributed by atoms with E-state index >= 15 is 0 Å². The Labute approximate surface area is 98.6 Å². The van der Waals surface area contributed by atoms with Gasteiger partial charge in [0.05, 0.1) is 19.8 Å². The van der Waals surface area contributed by atoms with Crippen LogP contribution in [0.2, 0.25) is 0 Å². The van der Waals surface area contributed by atoms with E-state index in [0.717, 1.165) is 0 Å². The third-order valence-electron chi connectivity index (χ3n) is 2.98. The predicted octanol–water partition coefficient (Wildman–Crippen LogP) is 1.38. The largest absolute Gasteiger partial charge is 0.496 e. The van der Waals surface area contributed by atoms with Gasteiger partial charge in [0.25, 0.3) is 0 Å². The molecule has 0 heterocycles. The monoisotopic (exact) mass is 238 g/mol. The first-order valence-electron chi connectivity index (χ1n) is 5.24. The Bertz CT molecular complexity index is 462. The van der Waals surface area contributed by atoms with Crippen molar-refractivity contribution >= 4 is 5.97 Å². The highest BCUT2D eigenvalue weighted by Crippen LogP contribution is 2.50. The number of aromatic carboxylic acids is 1. The molecule has 0 spiro atoms. The third-order valence-corrected chi connectivity index (χ3v) is 2.98. The molecule has 0 amide bonds. The average molecular weight is 238 g/mol. The van der Waals surface area contributed by atoms with Gasteiger partial charge in [-0.1, -0.05) is 0 Å². The summed E-state index contributed by atoms with van der Waals surface area (Å²) in [6.45, 7) is 0. The SMILES string of the molecule is COc1cc(OC)c(C2(O)CC2)cc1C(=O)O. The summed E-state index contributed by atoms with van der Waals surface area (Å²) in [5.74, 6) is -0.413. The summed E-state index contributed by atoms with van der Waals surface area (Å²) in [4.78, 5) is 11.1. The van der Waals surface area contributed by atoms with Gasteiger partial charge in [-0.15, -0.1) is 0 Å². The molecular formula is C12H14O5. The summed E-state index contributed by atoms with van der Waals surface area (Å²) in [7, 11) is 2.87. The smallest absolute Gasteiger partial charge is 0.339 e. The Kier molecular flexibility index (Phi) is 2.71. The second kappa shape index (κ2) is 3.92. The highest BCUT2D eigenvalue weighted by Gasteiger charge is 2.45. The summed E-state index contributed by atoms with van der Waals surface area (Å²) >= 11 is 0. The van der Waals surface area contributed by atoms with Crippen LogP contribution in [0.3, 0.4) is 0 Å². The van der Waals surface area contributed by atoms with Crippen molar-refractivity contribution in [3.8, 4) is 11.5 Å². The van der Waals surface area contributed by atoms with Crippen LogP contribution in [0.1, 0.15) is 28.8 Å². The van der Waals surface area contributed by atoms with Gasteiger partial charge < -0.3 is 19.7 Å². The minimum Gasteiger partial charge on any atom is -0.496 e. The maximum absolute atomic E-state index is 11.1. The minimum absolute atomic E-state index is 0.0311. The first kappa shape index (κ1) is 11.7. The summed E-state index contributed by atoms with van der Waals surface area (Å²) in [6, 6.07) is 2.92. The van der Waals surface area contributed by atoms with Crippen molar-refractivity contribution < 1.29 is 24.5 Å². The van der Waals surface area contributed by atoms with Crippen LogP contribution in [-0.2, 0) is 5.60 Å². The predicted molar refractivity (Wildman–Crippen MR) is 59.6 cm³/mol. The lowest BCUT2D eigenvalue weighted by molar-refractivity contribution is 0.0692. The zero-order valence-corrected chi connectivity index (χ0v) is 9.69. The number of carbonyl (C=O) groups is 1. The van der Waals surface area contributed by atoms with Crippen molar-refractivity contribution in [1.29, 1.82) is 0 Å². The van der Waals surface area contributed by atoms with Gasteiger partial charge >= 0.3 is 5.97 Å². The maximum atomic E-state index is 11.1. The zero-order chi connectivity index (χ0) is 12.6. The molecule has 17 heavy (non-hydrogen) atoms. The van der Waals surface area contributed by atoms with Gasteiger partial charge in [-0.25, -0.2) is 4.79 Å². The van der Waals surface area contributed by atoms with E-state index in [1.807, 2.05) is 0 Å². The second-order valence-electron chi connectivity index (χ2n) is 4.09. The molecule has 0 atom stereocenters. The Hall–Kier alpha value is -1.75. The Morgan fingerprint density at radius 3 is 2.24 bits per heavy atom. The van der Waals surface area contributed by atoms with Crippen LogP contribution in [0.25, 0.3) is 0 Å². The molecule has 0 aromatic heterocycles. The molecule has 1 aromatic carbocycles. The van der Waals surface area contributed by atoms with Crippen LogP contribution in [0, 0.1) is 0 Å². The van der Waals surface area contributed by atoms with Crippen molar-refractivity contribution in [3.63, 3.8) is 0 Å². The van der Waals surface area contributed by atoms with Crippen molar-refractivity contribution in [2.24, 2.45) is 0 Å². The Morgan fingerprint density at radius 1 is 1.24 bits per heavy atom. The number of hydrogen-bond acceptors (Lipinski definition) is 4. The lowest BCUT2D eigenvalue weighted by Crippen LogP contribution is -2.10. The van der Waals surface area contributed by atoms with Gasteiger partial charge in [0, 0.05) is 11.6 Å². The number of methoxy groups -OCH3 is 2. The Morgan fingerprint density at radius 2 is 1.82 bits per heavy atom. The summed E-state index contributed by atoms with van der Waals surface area (Å²) in [5.41, 5.74) is -0.399. The van der Waals surface area contributed by atoms with Gasteiger partial charge in [0.1, 0.15) is 17.1 Å². The molecule has 1 aliphatic carbocycles. The summed E-state index contributed by atoms with van der Waals surface area (Å²) in [6.07, 6.45) is 1.24. The second-order valence-corrected chi connectivity index (χ2v) is 4.09. The van der Waals surface area contributed by atoms with E-state index in [4.69, 9.17) is 14.6 Å². The molecular weight excluding hydrogens is 224 g/mol. The number of carboxylic acid groups (broad SMARTS) is 1. The number of ether oxygens (including phenoxy) is 2. The van der Waals surface area contributed by atoms with Gasteiger partial charge in [0.15, 0.2) is 0 Å². The number of rotatable bonds is 4. The lowest BCUT2D eigenvalue weighted by Gasteiger charge is -2.16. The molecule has 1 saturated carbocycles. The fourth-order valence-electron chi connectivity index (χ4n) is 1.82. The molecule has 5 nitrogen and oxygen atoms in total. The molecule has 92 valence electrons. The number of benzene rings is 1. The van der Waals surface area contributed by atoms with Crippen molar-refractivity contribution in [1.82, 2.24) is 0 Å². The molecule has 2 rings (SSSR count). The molecule has 0 radical (unpaired) electrons. The standard InChI is InChI=1S/C12H14O5/c1-16-9-6-10(17-2)8(12(15)3-4-12)5-7(9)11(13)14/h5-6,15H,3-4H2,1-2H3,(H,13,14). The first-order valence-corrected chi connectivity index (χ1v) is 5.24. The number of aliphatic hydroxyl groups is 1. The van der Waals surface area contributed by atoms with E-state index in [-0.39, 0.29) is 11.3 Å². The minimum atomic E-state index is -1.09. The number of hydrogen-bond donors (Lipinski definition) is 2. The lowest BCUT2D eigenvalue weighted by atomic mass is 10.0. The molecule has 0 saturated heterocycles. The van der Waals surface area contributed by atoms with Crippen LogP contribution in [0.4, 0.5) is 0 Å².